The fraction of sp³-hybridized carbons (Fsp3) is 0.286. The summed E-state index contributed by atoms with van der Waals surface area (Å²) < 4.78 is 5.29. The highest BCUT2D eigenvalue weighted by atomic mass is 16.6. The first kappa shape index (κ1) is 14.7. The van der Waals surface area contributed by atoms with Crippen molar-refractivity contribution in [3.63, 3.8) is 0 Å². The number of anilines is 1. The van der Waals surface area contributed by atoms with Gasteiger partial charge in [0.2, 0.25) is 11.8 Å². The lowest BCUT2D eigenvalue weighted by Gasteiger charge is -2.09. The minimum atomic E-state index is -0.384. The number of aromatic nitrogens is 2. The summed E-state index contributed by atoms with van der Waals surface area (Å²) in [5, 5.41) is 14.0. The van der Waals surface area contributed by atoms with Gasteiger partial charge in [-0.3, -0.25) is 10.1 Å². The Balaban J connectivity index is 2.11. The maximum Gasteiger partial charge on any atom is 0.272 e. The highest BCUT2D eigenvalue weighted by molar-refractivity contribution is 5.45. The average Bonchev–Trinajstić information content (AvgIpc) is 2.46. The molecule has 0 aliphatic rings. The summed E-state index contributed by atoms with van der Waals surface area (Å²) in [5.41, 5.74) is 1.57. The highest BCUT2D eigenvalue weighted by Gasteiger charge is 2.13. The zero-order valence-corrected chi connectivity index (χ0v) is 11.9. The van der Waals surface area contributed by atoms with Crippen molar-refractivity contribution >= 4 is 11.6 Å². The standard InChI is InChI=1S/C14H16N4O3/c1-3-21-13-7-8-15-14(17-13)16-9-11-5-4-6-12(10(11)2)18(19)20/h4-8H,3,9H2,1-2H3,(H,15,16,17). The van der Waals surface area contributed by atoms with E-state index in [1.54, 1.807) is 25.3 Å². The van der Waals surface area contributed by atoms with Gasteiger partial charge in [-0.05, 0) is 19.4 Å². The highest BCUT2D eigenvalue weighted by Crippen LogP contribution is 2.21. The van der Waals surface area contributed by atoms with Crippen LogP contribution >= 0.6 is 0 Å². The van der Waals surface area contributed by atoms with Crippen LogP contribution in [0.3, 0.4) is 0 Å². The van der Waals surface area contributed by atoms with E-state index >= 15 is 0 Å². The predicted molar refractivity (Wildman–Crippen MR) is 78.4 cm³/mol. The van der Waals surface area contributed by atoms with Crippen LogP contribution in [0.25, 0.3) is 0 Å². The summed E-state index contributed by atoms with van der Waals surface area (Å²) in [6.07, 6.45) is 1.60. The number of hydrogen-bond donors (Lipinski definition) is 1. The van der Waals surface area contributed by atoms with Gasteiger partial charge in [0.25, 0.3) is 5.69 Å². The molecule has 7 heteroatoms. The van der Waals surface area contributed by atoms with E-state index in [4.69, 9.17) is 4.74 Å². The Morgan fingerprint density at radius 3 is 2.90 bits per heavy atom. The largest absolute Gasteiger partial charge is 0.478 e. The number of rotatable bonds is 6. The molecule has 2 rings (SSSR count). The van der Waals surface area contributed by atoms with E-state index in [0.29, 0.717) is 30.5 Å². The summed E-state index contributed by atoms with van der Waals surface area (Å²) in [6.45, 7) is 4.54. The third-order valence-electron chi connectivity index (χ3n) is 2.97. The number of ether oxygens (including phenoxy) is 1. The third-order valence-corrected chi connectivity index (χ3v) is 2.97. The van der Waals surface area contributed by atoms with Crippen molar-refractivity contribution < 1.29 is 9.66 Å². The van der Waals surface area contributed by atoms with E-state index in [-0.39, 0.29) is 10.6 Å². The van der Waals surface area contributed by atoms with E-state index in [1.165, 1.54) is 6.07 Å². The molecule has 1 aromatic heterocycles. The van der Waals surface area contributed by atoms with Crippen molar-refractivity contribution in [1.82, 2.24) is 9.97 Å². The van der Waals surface area contributed by atoms with Gasteiger partial charge >= 0.3 is 0 Å². The van der Waals surface area contributed by atoms with Crippen molar-refractivity contribution in [2.45, 2.75) is 20.4 Å². The second-order valence-electron chi connectivity index (χ2n) is 4.32. The maximum atomic E-state index is 10.9. The molecule has 0 atom stereocenters. The van der Waals surface area contributed by atoms with E-state index in [1.807, 2.05) is 13.0 Å². The van der Waals surface area contributed by atoms with Crippen LogP contribution in [0.1, 0.15) is 18.1 Å². The Hall–Kier alpha value is -2.70. The first-order valence-electron chi connectivity index (χ1n) is 6.54. The SMILES string of the molecule is CCOc1ccnc(NCc2cccc([N+](=O)[O-])c2C)n1. The van der Waals surface area contributed by atoms with Gasteiger partial charge in [-0.1, -0.05) is 12.1 Å². The van der Waals surface area contributed by atoms with Gasteiger partial charge in [0.1, 0.15) is 0 Å². The fourth-order valence-corrected chi connectivity index (χ4v) is 1.89. The van der Waals surface area contributed by atoms with Crippen molar-refractivity contribution in [3.8, 4) is 5.88 Å². The molecule has 0 saturated carbocycles. The molecule has 0 bridgehead atoms. The van der Waals surface area contributed by atoms with Crippen molar-refractivity contribution in [3.05, 3.63) is 51.7 Å². The molecule has 110 valence electrons. The Morgan fingerprint density at radius 2 is 2.19 bits per heavy atom. The van der Waals surface area contributed by atoms with Crippen LogP contribution in [-0.4, -0.2) is 21.5 Å². The van der Waals surface area contributed by atoms with E-state index in [9.17, 15) is 10.1 Å². The Morgan fingerprint density at radius 1 is 1.38 bits per heavy atom. The third kappa shape index (κ3) is 3.65. The molecule has 0 saturated heterocycles. The van der Waals surface area contributed by atoms with Crippen molar-refractivity contribution in [1.29, 1.82) is 0 Å². The number of nitrogens with zero attached hydrogens (tertiary/aromatic N) is 3. The Labute approximate surface area is 122 Å². The number of benzene rings is 1. The van der Waals surface area contributed by atoms with E-state index in [2.05, 4.69) is 15.3 Å². The van der Waals surface area contributed by atoms with E-state index in [0.717, 1.165) is 5.56 Å². The summed E-state index contributed by atoms with van der Waals surface area (Å²) in [4.78, 5) is 18.8. The molecular weight excluding hydrogens is 272 g/mol. The van der Waals surface area contributed by atoms with Crippen LogP contribution < -0.4 is 10.1 Å². The normalized spacial score (nSPS) is 10.2. The first-order valence-corrected chi connectivity index (χ1v) is 6.54. The molecule has 1 aromatic carbocycles. The molecule has 1 N–H and O–H groups in total. The van der Waals surface area contributed by atoms with Crippen LogP contribution in [0.2, 0.25) is 0 Å². The monoisotopic (exact) mass is 288 g/mol. The molecule has 0 radical (unpaired) electrons. The average molecular weight is 288 g/mol. The van der Waals surface area contributed by atoms with E-state index < -0.39 is 0 Å². The predicted octanol–water partition coefficient (Wildman–Crippen LogP) is 2.70. The molecule has 0 fully saturated rings. The molecule has 1 heterocycles. The molecule has 0 spiro atoms. The van der Waals surface area contributed by atoms with Crippen LogP contribution in [0, 0.1) is 17.0 Å². The summed E-state index contributed by atoms with van der Waals surface area (Å²) in [6, 6.07) is 6.67. The lowest BCUT2D eigenvalue weighted by Crippen LogP contribution is -2.06. The smallest absolute Gasteiger partial charge is 0.272 e. The van der Waals surface area contributed by atoms with Crippen molar-refractivity contribution in [2.75, 3.05) is 11.9 Å². The van der Waals surface area contributed by atoms with Gasteiger partial charge in [-0.15, -0.1) is 0 Å². The van der Waals surface area contributed by atoms with Gasteiger partial charge in [0.15, 0.2) is 0 Å². The Kier molecular flexibility index (Phi) is 4.65. The van der Waals surface area contributed by atoms with Crippen molar-refractivity contribution in [2.24, 2.45) is 0 Å². The number of hydrogen-bond acceptors (Lipinski definition) is 6. The molecule has 21 heavy (non-hydrogen) atoms. The van der Waals surface area contributed by atoms with Gasteiger partial charge < -0.3 is 10.1 Å². The molecule has 0 amide bonds. The van der Waals surface area contributed by atoms with Crippen LogP contribution in [0.5, 0.6) is 5.88 Å². The zero-order valence-electron chi connectivity index (χ0n) is 11.9. The minimum Gasteiger partial charge on any atom is -0.478 e. The topological polar surface area (TPSA) is 90.2 Å². The number of nitrogens with one attached hydrogen (secondary N) is 1. The molecule has 2 aromatic rings. The molecular formula is C14H16N4O3. The van der Waals surface area contributed by atoms with Gasteiger partial charge in [0, 0.05) is 30.4 Å². The molecule has 7 nitrogen and oxygen atoms in total. The summed E-state index contributed by atoms with van der Waals surface area (Å²) >= 11 is 0. The lowest BCUT2D eigenvalue weighted by atomic mass is 10.1. The number of nitro groups is 1. The fourth-order valence-electron chi connectivity index (χ4n) is 1.89. The molecule has 0 unspecified atom stereocenters. The van der Waals surface area contributed by atoms with Crippen LogP contribution in [0.15, 0.2) is 30.5 Å². The minimum absolute atomic E-state index is 0.110. The second kappa shape index (κ2) is 6.65. The lowest BCUT2D eigenvalue weighted by molar-refractivity contribution is -0.385. The number of nitro benzene ring substituents is 1. The Bertz CT molecular complexity index is 646. The first-order chi connectivity index (χ1) is 10.1. The van der Waals surface area contributed by atoms with Crippen LogP contribution in [0.4, 0.5) is 11.6 Å². The quantitative estimate of drug-likeness (QED) is 0.649. The van der Waals surface area contributed by atoms with Gasteiger partial charge in [-0.2, -0.15) is 4.98 Å². The molecule has 0 aliphatic carbocycles. The van der Waals surface area contributed by atoms with Gasteiger partial charge in [-0.25, -0.2) is 4.98 Å². The van der Waals surface area contributed by atoms with Crippen LogP contribution in [-0.2, 0) is 6.54 Å². The molecule has 0 aliphatic heterocycles. The summed E-state index contributed by atoms with van der Waals surface area (Å²) in [7, 11) is 0. The van der Waals surface area contributed by atoms with Gasteiger partial charge in [0.05, 0.1) is 11.5 Å². The summed E-state index contributed by atoms with van der Waals surface area (Å²) in [5.74, 6) is 0.914. The zero-order chi connectivity index (χ0) is 15.2. The second-order valence-corrected chi connectivity index (χ2v) is 4.32. The maximum absolute atomic E-state index is 10.9.